The highest BCUT2D eigenvalue weighted by atomic mass is 19.4. The molecule has 0 N–H and O–H groups in total. The van der Waals surface area contributed by atoms with E-state index >= 15 is 0 Å². The van der Waals surface area contributed by atoms with Gasteiger partial charge in [-0.25, -0.2) is 9.97 Å². The van der Waals surface area contributed by atoms with Crippen molar-refractivity contribution >= 4 is 0 Å². The van der Waals surface area contributed by atoms with Crippen LogP contribution in [0.3, 0.4) is 0 Å². The number of rotatable bonds is 2. The third-order valence-corrected chi connectivity index (χ3v) is 1.68. The Kier molecular flexibility index (Phi) is 3.08. The second kappa shape index (κ2) is 3.94. The molecule has 78 valence electrons. The zero-order valence-electron chi connectivity index (χ0n) is 7.97. The molecule has 0 radical (unpaired) electrons. The van der Waals surface area contributed by atoms with Crippen molar-refractivity contribution in [3.63, 3.8) is 0 Å². The number of hydrogen-bond donors (Lipinski definition) is 0. The lowest BCUT2D eigenvalue weighted by atomic mass is 10.0. The van der Waals surface area contributed by atoms with Crippen molar-refractivity contribution in [3.05, 3.63) is 23.8 Å². The summed E-state index contributed by atoms with van der Waals surface area (Å²) in [6.07, 6.45) is -1.88. The number of hydrogen-bond acceptors (Lipinski definition) is 2. The second-order valence-corrected chi connectivity index (χ2v) is 3.49. The Bertz CT molecular complexity index is 307. The maximum absolute atomic E-state index is 12.4. The van der Waals surface area contributed by atoms with Gasteiger partial charge in [-0.2, -0.15) is 13.2 Å². The van der Waals surface area contributed by atoms with E-state index in [4.69, 9.17) is 0 Å². The lowest BCUT2D eigenvalue weighted by Crippen LogP contribution is -2.13. The number of alkyl halides is 3. The van der Waals surface area contributed by atoms with E-state index in [-0.39, 0.29) is 11.5 Å². The SMILES string of the molecule is CC(C)Cc1cncnc1C(F)(F)F. The number of nitrogens with zero attached hydrogens (tertiary/aromatic N) is 2. The van der Waals surface area contributed by atoms with Crippen molar-refractivity contribution < 1.29 is 13.2 Å². The van der Waals surface area contributed by atoms with Crippen molar-refractivity contribution in [2.45, 2.75) is 26.4 Å². The van der Waals surface area contributed by atoms with E-state index in [1.54, 1.807) is 0 Å². The molecule has 0 aliphatic carbocycles. The Morgan fingerprint density at radius 2 is 2.00 bits per heavy atom. The van der Waals surface area contributed by atoms with Gasteiger partial charge in [-0.05, 0) is 12.3 Å². The van der Waals surface area contributed by atoms with E-state index < -0.39 is 11.9 Å². The van der Waals surface area contributed by atoms with Crippen LogP contribution in [0.5, 0.6) is 0 Å². The van der Waals surface area contributed by atoms with Gasteiger partial charge >= 0.3 is 6.18 Å². The van der Waals surface area contributed by atoms with Crippen molar-refractivity contribution in [1.82, 2.24) is 9.97 Å². The molecule has 0 bridgehead atoms. The standard InChI is InChI=1S/C9H11F3N2/c1-6(2)3-7-4-13-5-14-8(7)9(10,11)12/h4-6H,3H2,1-2H3. The molecule has 0 aromatic carbocycles. The van der Waals surface area contributed by atoms with Crippen LogP contribution < -0.4 is 0 Å². The summed E-state index contributed by atoms with van der Waals surface area (Å²) >= 11 is 0. The average Bonchev–Trinajstić information content (AvgIpc) is 2.01. The molecular formula is C9H11F3N2. The molecule has 1 aromatic rings. The van der Waals surface area contributed by atoms with Crippen LogP contribution in [-0.4, -0.2) is 9.97 Å². The Labute approximate surface area is 80.2 Å². The fourth-order valence-electron chi connectivity index (χ4n) is 1.20. The minimum atomic E-state index is -4.38. The van der Waals surface area contributed by atoms with Crippen LogP contribution in [0.1, 0.15) is 25.1 Å². The Hall–Kier alpha value is -1.13. The normalized spacial score (nSPS) is 12.1. The van der Waals surface area contributed by atoms with Crippen LogP contribution in [0, 0.1) is 5.92 Å². The van der Waals surface area contributed by atoms with Crippen molar-refractivity contribution in [2.75, 3.05) is 0 Å². The van der Waals surface area contributed by atoms with Gasteiger partial charge in [-0.1, -0.05) is 13.8 Å². The third kappa shape index (κ3) is 2.68. The molecule has 0 amide bonds. The van der Waals surface area contributed by atoms with Gasteiger partial charge in [0.25, 0.3) is 0 Å². The first-order valence-corrected chi connectivity index (χ1v) is 4.27. The van der Waals surface area contributed by atoms with Crippen LogP contribution in [-0.2, 0) is 12.6 Å². The van der Waals surface area contributed by atoms with Gasteiger partial charge in [0.1, 0.15) is 6.33 Å². The van der Waals surface area contributed by atoms with E-state index in [9.17, 15) is 13.2 Å². The lowest BCUT2D eigenvalue weighted by Gasteiger charge is -2.11. The zero-order chi connectivity index (χ0) is 10.8. The van der Waals surface area contributed by atoms with Crippen LogP contribution >= 0.6 is 0 Å². The average molecular weight is 204 g/mol. The summed E-state index contributed by atoms with van der Waals surface area (Å²) in [4.78, 5) is 6.87. The van der Waals surface area contributed by atoms with Gasteiger partial charge in [-0.3, -0.25) is 0 Å². The molecule has 1 heterocycles. The van der Waals surface area contributed by atoms with Crippen LogP contribution in [0.2, 0.25) is 0 Å². The van der Waals surface area contributed by atoms with E-state index in [2.05, 4.69) is 9.97 Å². The minimum absolute atomic E-state index is 0.155. The summed E-state index contributed by atoms with van der Waals surface area (Å²) in [6, 6.07) is 0. The molecule has 14 heavy (non-hydrogen) atoms. The zero-order valence-corrected chi connectivity index (χ0v) is 7.97. The van der Waals surface area contributed by atoms with E-state index in [0.29, 0.717) is 6.42 Å². The van der Waals surface area contributed by atoms with Crippen molar-refractivity contribution in [3.8, 4) is 0 Å². The topological polar surface area (TPSA) is 25.8 Å². The van der Waals surface area contributed by atoms with E-state index in [0.717, 1.165) is 6.33 Å². The second-order valence-electron chi connectivity index (χ2n) is 3.49. The first-order valence-electron chi connectivity index (χ1n) is 4.27. The molecule has 0 saturated carbocycles. The first-order chi connectivity index (χ1) is 6.41. The van der Waals surface area contributed by atoms with Gasteiger partial charge in [0, 0.05) is 11.8 Å². The fraction of sp³-hybridized carbons (Fsp3) is 0.556. The molecule has 1 aromatic heterocycles. The summed E-state index contributed by atoms with van der Waals surface area (Å²) in [7, 11) is 0. The van der Waals surface area contributed by atoms with Crippen molar-refractivity contribution in [2.24, 2.45) is 5.92 Å². The molecule has 0 aliphatic heterocycles. The summed E-state index contributed by atoms with van der Waals surface area (Å²) < 4.78 is 37.2. The Morgan fingerprint density at radius 3 is 2.50 bits per heavy atom. The predicted octanol–water partition coefficient (Wildman–Crippen LogP) is 2.69. The molecule has 2 nitrogen and oxygen atoms in total. The summed E-state index contributed by atoms with van der Waals surface area (Å²) in [6.45, 7) is 3.71. The van der Waals surface area contributed by atoms with E-state index in [1.165, 1.54) is 6.20 Å². The molecule has 0 fully saturated rings. The Balaban J connectivity index is 3.04. The third-order valence-electron chi connectivity index (χ3n) is 1.68. The van der Waals surface area contributed by atoms with Crippen molar-refractivity contribution in [1.29, 1.82) is 0 Å². The minimum Gasteiger partial charge on any atom is -0.245 e. The van der Waals surface area contributed by atoms with Gasteiger partial charge < -0.3 is 0 Å². The summed E-state index contributed by atoms with van der Waals surface area (Å²) in [5.41, 5.74) is -0.656. The van der Waals surface area contributed by atoms with Gasteiger partial charge in [0.15, 0.2) is 5.69 Å². The van der Waals surface area contributed by atoms with Crippen LogP contribution in [0.4, 0.5) is 13.2 Å². The predicted molar refractivity (Wildman–Crippen MR) is 45.6 cm³/mol. The summed E-state index contributed by atoms with van der Waals surface area (Å²) in [5, 5.41) is 0. The lowest BCUT2D eigenvalue weighted by molar-refractivity contribution is -0.142. The highest BCUT2D eigenvalue weighted by molar-refractivity contribution is 5.19. The molecule has 0 aliphatic rings. The monoisotopic (exact) mass is 204 g/mol. The first kappa shape index (κ1) is 10.9. The smallest absolute Gasteiger partial charge is 0.245 e. The van der Waals surface area contributed by atoms with Crippen LogP contribution in [0.25, 0.3) is 0 Å². The molecule has 0 atom stereocenters. The summed E-state index contributed by atoms with van der Waals surface area (Å²) in [5.74, 6) is 0.155. The van der Waals surface area contributed by atoms with Gasteiger partial charge in [0.05, 0.1) is 0 Å². The molecule has 0 saturated heterocycles. The fourth-order valence-corrected chi connectivity index (χ4v) is 1.20. The van der Waals surface area contributed by atoms with Gasteiger partial charge in [0.2, 0.25) is 0 Å². The number of aromatic nitrogens is 2. The maximum Gasteiger partial charge on any atom is 0.433 e. The highest BCUT2D eigenvalue weighted by Crippen LogP contribution is 2.30. The Morgan fingerprint density at radius 1 is 1.36 bits per heavy atom. The molecule has 1 rings (SSSR count). The maximum atomic E-state index is 12.4. The highest BCUT2D eigenvalue weighted by Gasteiger charge is 2.35. The molecular weight excluding hydrogens is 193 g/mol. The van der Waals surface area contributed by atoms with E-state index in [1.807, 2.05) is 13.8 Å². The van der Waals surface area contributed by atoms with Gasteiger partial charge in [-0.15, -0.1) is 0 Å². The molecule has 0 spiro atoms. The molecule has 0 unspecified atom stereocenters. The quantitative estimate of drug-likeness (QED) is 0.740. The molecule has 5 heteroatoms. The number of halogens is 3. The largest absolute Gasteiger partial charge is 0.433 e. The van der Waals surface area contributed by atoms with Crippen LogP contribution in [0.15, 0.2) is 12.5 Å².